The molecule has 0 spiro atoms. The zero-order valence-corrected chi connectivity index (χ0v) is 14.5. The molecule has 0 N–H and O–H groups in total. The third-order valence-electron chi connectivity index (χ3n) is 4.60. The van der Waals surface area contributed by atoms with E-state index in [-0.39, 0.29) is 18.1 Å². The topological polar surface area (TPSA) is 46.6 Å². The summed E-state index contributed by atoms with van der Waals surface area (Å²) in [6.07, 6.45) is 0.191. The predicted octanol–water partition coefficient (Wildman–Crippen LogP) is 3.21. The van der Waals surface area contributed by atoms with Crippen LogP contribution >= 0.6 is 0 Å². The van der Waals surface area contributed by atoms with Gasteiger partial charge < -0.3 is 9.64 Å². The Balaban J connectivity index is 1.84. The van der Waals surface area contributed by atoms with Crippen molar-refractivity contribution < 1.29 is 14.3 Å². The van der Waals surface area contributed by atoms with Crippen LogP contribution in [-0.2, 0) is 9.53 Å². The number of Topliss-reactive ketones (excluding diaryl/α,β-unsaturated/α-hetero) is 1. The molecule has 0 radical (unpaired) electrons. The number of ketones is 1. The van der Waals surface area contributed by atoms with Crippen LogP contribution in [0.3, 0.4) is 0 Å². The first-order valence-electron chi connectivity index (χ1n) is 8.66. The van der Waals surface area contributed by atoms with Gasteiger partial charge in [0.2, 0.25) is 5.91 Å². The lowest BCUT2D eigenvalue weighted by atomic mass is 9.87. The van der Waals surface area contributed by atoms with Gasteiger partial charge in [-0.25, -0.2) is 0 Å². The molecule has 1 fully saturated rings. The number of carbonyl (C=O) groups is 2. The standard InChI is InChI=1S/C21H23NO3/c1-16-7-9-17(10-8-16)19(21(24)18-5-3-2-4-6-18)15-20(23)22-11-13-25-14-12-22/h2-10,19H,11-15H2,1H3. The molecular weight excluding hydrogens is 314 g/mol. The summed E-state index contributed by atoms with van der Waals surface area (Å²) >= 11 is 0. The fraction of sp³-hybridized carbons (Fsp3) is 0.333. The fourth-order valence-electron chi connectivity index (χ4n) is 3.08. The van der Waals surface area contributed by atoms with Gasteiger partial charge in [0, 0.05) is 25.1 Å². The molecule has 0 aliphatic carbocycles. The second kappa shape index (κ2) is 8.08. The van der Waals surface area contributed by atoms with Crippen LogP contribution in [0.5, 0.6) is 0 Å². The van der Waals surface area contributed by atoms with E-state index in [1.807, 2.05) is 61.5 Å². The van der Waals surface area contributed by atoms with Gasteiger partial charge in [-0.15, -0.1) is 0 Å². The van der Waals surface area contributed by atoms with Crippen LogP contribution in [0.2, 0.25) is 0 Å². The number of amides is 1. The number of morpholine rings is 1. The van der Waals surface area contributed by atoms with Gasteiger partial charge in [0.15, 0.2) is 5.78 Å². The number of ether oxygens (including phenoxy) is 1. The number of nitrogens with zero attached hydrogens (tertiary/aromatic N) is 1. The Kier molecular flexibility index (Phi) is 5.61. The second-order valence-corrected chi connectivity index (χ2v) is 6.39. The number of aryl methyl sites for hydroxylation is 1. The number of rotatable bonds is 5. The smallest absolute Gasteiger partial charge is 0.223 e. The first-order valence-corrected chi connectivity index (χ1v) is 8.66. The summed E-state index contributed by atoms with van der Waals surface area (Å²) in [5.74, 6) is -0.456. The molecule has 0 saturated carbocycles. The van der Waals surface area contributed by atoms with E-state index in [0.717, 1.165) is 11.1 Å². The van der Waals surface area contributed by atoms with Gasteiger partial charge in [0.1, 0.15) is 0 Å². The summed E-state index contributed by atoms with van der Waals surface area (Å²) in [7, 11) is 0. The summed E-state index contributed by atoms with van der Waals surface area (Å²) in [6.45, 7) is 4.33. The van der Waals surface area contributed by atoms with Crippen LogP contribution in [0.15, 0.2) is 54.6 Å². The van der Waals surface area contributed by atoms with E-state index in [4.69, 9.17) is 4.74 Å². The average molecular weight is 337 g/mol. The van der Waals surface area contributed by atoms with Crippen molar-refractivity contribution in [2.75, 3.05) is 26.3 Å². The van der Waals surface area contributed by atoms with E-state index in [2.05, 4.69) is 0 Å². The zero-order chi connectivity index (χ0) is 17.6. The Labute approximate surface area is 148 Å². The molecule has 1 amide bonds. The molecule has 1 atom stereocenters. The van der Waals surface area contributed by atoms with Crippen molar-refractivity contribution in [1.82, 2.24) is 4.90 Å². The molecule has 1 aliphatic heterocycles. The average Bonchev–Trinajstić information content (AvgIpc) is 2.67. The maximum Gasteiger partial charge on any atom is 0.223 e. The normalized spacial score (nSPS) is 15.6. The highest BCUT2D eigenvalue weighted by molar-refractivity contribution is 6.03. The van der Waals surface area contributed by atoms with Crippen molar-refractivity contribution in [2.45, 2.75) is 19.3 Å². The van der Waals surface area contributed by atoms with Crippen molar-refractivity contribution in [1.29, 1.82) is 0 Å². The Bertz CT molecular complexity index is 719. The van der Waals surface area contributed by atoms with Gasteiger partial charge in [-0.05, 0) is 12.5 Å². The van der Waals surface area contributed by atoms with Crippen molar-refractivity contribution in [2.24, 2.45) is 0 Å². The molecule has 25 heavy (non-hydrogen) atoms. The highest BCUT2D eigenvalue weighted by atomic mass is 16.5. The highest BCUT2D eigenvalue weighted by Gasteiger charge is 2.27. The quantitative estimate of drug-likeness (QED) is 0.787. The van der Waals surface area contributed by atoms with E-state index in [1.54, 1.807) is 4.90 Å². The summed E-state index contributed by atoms with van der Waals surface area (Å²) < 4.78 is 5.31. The maximum absolute atomic E-state index is 13.1. The van der Waals surface area contributed by atoms with Crippen LogP contribution in [0.4, 0.5) is 0 Å². The Morgan fingerprint density at radius 3 is 2.28 bits per heavy atom. The monoisotopic (exact) mass is 337 g/mol. The molecule has 0 aromatic heterocycles. The number of benzene rings is 2. The lowest BCUT2D eigenvalue weighted by molar-refractivity contribution is -0.135. The lowest BCUT2D eigenvalue weighted by Gasteiger charge is -2.28. The largest absolute Gasteiger partial charge is 0.378 e. The molecule has 1 unspecified atom stereocenters. The van der Waals surface area contributed by atoms with Crippen LogP contribution < -0.4 is 0 Å². The SMILES string of the molecule is Cc1ccc(C(CC(=O)N2CCOCC2)C(=O)c2ccccc2)cc1. The summed E-state index contributed by atoms with van der Waals surface area (Å²) in [6, 6.07) is 17.1. The van der Waals surface area contributed by atoms with Crippen molar-refractivity contribution in [3.05, 3.63) is 71.3 Å². The maximum atomic E-state index is 13.1. The van der Waals surface area contributed by atoms with Gasteiger partial charge in [-0.1, -0.05) is 60.2 Å². The van der Waals surface area contributed by atoms with Crippen LogP contribution in [0.25, 0.3) is 0 Å². The minimum atomic E-state index is -0.460. The van der Waals surface area contributed by atoms with Crippen LogP contribution in [0, 0.1) is 6.92 Å². The molecule has 1 aliphatic rings. The number of hydrogen-bond acceptors (Lipinski definition) is 3. The van der Waals surface area contributed by atoms with Gasteiger partial charge in [-0.3, -0.25) is 9.59 Å². The lowest BCUT2D eigenvalue weighted by Crippen LogP contribution is -2.41. The number of carbonyl (C=O) groups excluding carboxylic acids is 2. The Morgan fingerprint density at radius 1 is 1.00 bits per heavy atom. The van der Waals surface area contributed by atoms with Crippen LogP contribution in [0.1, 0.15) is 33.8 Å². The molecule has 1 saturated heterocycles. The highest BCUT2D eigenvalue weighted by Crippen LogP contribution is 2.26. The van der Waals surface area contributed by atoms with Crippen LogP contribution in [-0.4, -0.2) is 42.9 Å². The summed E-state index contributed by atoms with van der Waals surface area (Å²) in [5, 5.41) is 0. The molecule has 130 valence electrons. The second-order valence-electron chi connectivity index (χ2n) is 6.39. The molecular formula is C21H23NO3. The predicted molar refractivity (Wildman–Crippen MR) is 96.7 cm³/mol. The fourth-order valence-corrected chi connectivity index (χ4v) is 3.08. The van der Waals surface area contributed by atoms with Crippen molar-refractivity contribution >= 4 is 11.7 Å². The molecule has 1 heterocycles. The Morgan fingerprint density at radius 2 is 1.64 bits per heavy atom. The third-order valence-corrected chi connectivity index (χ3v) is 4.60. The Hall–Kier alpha value is -2.46. The zero-order valence-electron chi connectivity index (χ0n) is 14.5. The van der Waals surface area contributed by atoms with E-state index in [1.165, 1.54) is 0 Å². The van der Waals surface area contributed by atoms with E-state index in [0.29, 0.717) is 31.9 Å². The third kappa shape index (κ3) is 4.34. The summed E-state index contributed by atoms with van der Waals surface area (Å²) in [5.41, 5.74) is 2.66. The van der Waals surface area contributed by atoms with Crippen molar-refractivity contribution in [3.63, 3.8) is 0 Å². The number of hydrogen-bond donors (Lipinski definition) is 0. The first kappa shape index (κ1) is 17.4. The molecule has 4 nitrogen and oxygen atoms in total. The van der Waals surface area contributed by atoms with Crippen molar-refractivity contribution in [3.8, 4) is 0 Å². The molecule has 2 aromatic carbocycles. The molecule has 0 bridgehead atoms. The summed E-state index contributed by atoms with van der Waals surface area (Å²) in [4.78, 5) is 27.6. The molecule has 4 heteroatoms. The van der Waals surface area contributed by atoms with Gasteiger partial charge in [0.05, 0.1) is 19.1 Å². The molecule has 2 aromatic rings. The van der Waals surface area contributed by atoms with E-state index >= 15 is 0 Å². The van der Waals surface area contributed by atoms with E-state index < -0.39 is 5.92 Å². The van der Waals surface area contributed by atoms with Gasteiger partial charge in [-0.2, -0.15) is 0 Å². The molecule has 3 rings (SSSR count). The van der Waals surface area contributed by atoms with E-state index in [9.17, 15) is 9.59 Å². The van der Waals surface area contributed by atoms with Gasteiger partial charge >= 0.3 is 0 Å². The van der Waals surface area contributed by atoms with Gasteiger partial charge in [0.25, 0.3) is 0 Å². The first-order chi connectivity index (χ1) is 12.1. The minimum absolute atomic E-state index is 0.00828. The minimum Gasteiger partial charge on any atom is -0.378 e.